The number of thiazole rings is 1. The predicted octanol–water partition coefficient (Wildman–Crippen LogP) is 4.27. The number of nitrogens with one attached hydrogen (secondary N) is 1. The normalized spacial score (nSPS) is 15.9. The summed E-state index contributed by atoms with van der Waals surface area (Å²) in [6.45, 7) is 11.7. The molecule has 0 unspecified atom stereocenters. The first-order valence-electron chi connectivity index (χ1n) is 10.0. The van der Waals surface area contributed by atoms with Gasteiger partial charge in [0.25, 0.3) is 0 Å². The van der Waals surface area contributed by atoms with Crippen LogP contribution in [0.3, 0.4) is 0 Å². The van der Waals surface area contributed by atoms with Gasteiger partial charge in [-0.1, -0.05) is 30.7 Å². The van der Waals surface area contributed by atoms with Crippen molar-refractivity contribution in [3.8, 4) is 11.3 Å². The molecule has 1 atom stereocenters. The minimum absolute atomic E-state index is 0.107. The summed E-state index contributed by atoms with van der Waals surface area (Å²) >= 11 is 1.64. The third-order valence-electron chi connectivity index (χ3n) is 5.30. The van der Waals surface area contributed by atoms with Crippen LogP contribution in [0.15, 0.2) is 18.2 Å². The molecule has 1 aliphatic heterocycles. The van der Waals surface area contributed by atoms with Gasteiger partial charge in [-0.2, -0.15) is 0 Å². The van der Waals surface area contributed by atoms with E-state index in [1.807, 2.05) is 6.92 Å². The molecule has 4 nitrogen and oxygen atoms in total. The Morgan fingerprint density at radius 2 is 2.00 bits per heavy atom. The zero-order valence-corrected chi connectivity index (χ0v) is 17.8. The zero-order chi connectivity index (χ0) is 19.4. The van der Waals surface area contributed by atoms with Crippen molar-refractivity contribution in [3.05, 3.63) is 39.2 Å². The smallest absolute Gasteiger partial charge is 0.225 e. The van der Waals surface area contributed by atoms with E-state index in [9.17, 15) is 4.79 Å². The van der Waals surface area contributed by atoms with Crippen LogP contribution in [0.5, 0.6) is 0 Å². The number of aryl methyl sites for hydroxylation is 3. The number of amides is 1. The van der Waals surface area contributed by atoms with Crippen molar-refractivity contribution < 1.29 is 4.79 Å². The van der Waals surface area contributed by atoms with Crippen LogP contribution in [0.1, 0.15) is 47.2 Å². The molecule has 3 rings (SSSR count). The van der Waals surface area contributed by atoms with Gasteiger partial charge in [0.15, 0.2) is 0 Å². The van der Waals surface area contributed by atoms with Gasteiger partial charge in [-0.05, 0) is 58.7 Å². The van der Waals surface area contributed by atoms with Gasteiger partial charge < -0.3 is 10.2 Å². The maximum Gasteiger partial charge on any atom is 0.225 e. The molecule has 1 fully saturated rings. The second-order valence-corrected chi connectivity index (χ2v) is 8.97. The van der Waals surface area contributed by atoms with Crippen LogP contribution in [0.2, 0.25) is 0 Å². The maximum absolute atomic E-state index is 12.7. The summed E-state index contributed by atoms with van der Waals surface area (Å²) in [6.07, 6.45) is 3.94. The summed E-state index contributed by atoms with van der Waals surface area (Å²) in [5.41, 5.74) is 4.56. The molecule has 0 spiro atoms. The quantitative estimate of drug-likeness (QED) is 0.774. The van der Waals surface area contributed by atoms with E-state index in [0.29, 0.717) is 6.42 Å². The molecule has 1 N–H and O–H groups in total. The molecular formula is C22H31N3OS. The van der Waals surface area contributed by atoms with E-state index < -0.39 is 0 Å². The third kappa shape index (κ3) is 5.17. The minimum atomic E-state index is 0.107. The second kappa shape index (κ2) is 8.98. The summed E-state index contributed by atoms with van der Waals surface area (Å²) < 4.78 is 0. The molecule has 0 aliphatic carbocycles. The lowest BCUT2D eigenvalue weighted by Crippen LogP contribution is -2.43. The highest BCUT2D eigenvalue weighted by Crippen LogP contribution is 2.31. The molecule has 1 amide bonds. The fourth-order valence-corrected chi connectivity index (χ4v) is 4.81. The number of carbonyl (C=O) groups excluding carboxylic acids is 1. The van der Waals surface area contributed by atoms with Crippen LogP contribution < -0.4 is 5.32 Å². The first-order chi connectivity index (χ1) is 13.0. The molecule has 1 saturated heterocycles. The molecule has 2 heterocycles. The average molecular weight is 386 g/mol. The number of hydrogen-bond donors (Lipinski definition) is 1. The van der Waals surface area contributed by atoms with Gasteiger partial charge in [-0.15, -0.1) is 11.3 Å². The number of likely N-dealkylation sites (tertiary alicyclic amines) is 1. The van der Waals surface area contributed by atoms with Crippen molar-refractivity contribution >= 4 is 17.2 Å². The van der Waals surface area contributed by atoms with Gasteiger partial charge >= 0.3 is 0 Å². The Hall–Kier alpha value is -1.72. The van der Waals surface area contributed by atoms with Crippen molar-refractivity contribution in [2.75, 3.05) is 19.6 Å². The van der Waals surface area contributed by atoms with Gasteiger partial charge in [-0.25, -0.2) is 4.98 Å². The highest BCUT2D eigenvalue weighted by Gasteiger charge is 2.20. The van der Waals surface area contributed by atoms with Crippen molar-refractivity contribution in [2.24, 2.45) is 0 Å². The number of rotatable bonds is 7. The predicted molar refractivity (Wildman–Crippen MR) is 113 cm³/mol. The standard InChI is InChI=1S/C22H31N3OS/c1-5-18(14-25-10-6-7-11-25)24-21(26)13-20-22(23-17(4)27-20)19-9-8-15(2)12-16(19)3/h8-9,12,18H,5-7,10-11,13-14H2,1-4H3,(H,24,26)/t18-/m1/s1. The number of nitrogens with zero attached hydrogens (tertiary/aromatic N) is 2. The molecule has 1 aromatic heterocycles. The summed E-state index contributed by atoms with van der Waals surface area (Å²) in [7, 11) is 0. The summed E-state index contributed by atoms with van der Waals surface area (Å²) in [5, 5.41) is 4.26. The fraction of sp³-hybridized carbons (Fsp3) is 0.545. The molecule has 1 aromatic carbocycles. The van der Waals surface area contributed by atoms with E-state index in [2.05, 4.69) is 49.2 Å². The third-order valence-corrected chi connectivity index (χ3v) is 6.27. The largest absolute Gasteiger partial charge is 0.352 e. The summed E-state index contributed by atoms with van der Waals surface area (Å²) in [5.74, 6) is 0.107. The topological polar surface area (TPSA) is 45.2 Å². The Morgan fingerprint density at radius 1 is 1.26 bits per heavy atom. The molecule has 1 aliphatic rings. The molecule has 27 heavy (non-hydrogen) atoms. The summed E-state index contributed by atoms with van der Waals surface area (Å²) in [6, 6.07) is 6.65. The van der Waals surface area contributed by atoms with Gasteiger partial charge in [0, 0.05) is 23.0 Å². The first kappa shape index (κ1) is 20.0. The SMILES string of the molecule is CC[C@H](CN1CCCC1)NC(=O)Cc1sc(C)nc1-c1ccc(C)cc1C. The zero-order valence-electron chi connectivity index (χ0n) is 17.0. The average Bonchev–Trinajstić information content (AvgIpc) is 3.24. The number of aromatic nitrogens is 1. The van der Waals surface area contributed by atoms with E-state index in [1.165, 1.54) is 24.0 Å². The maximum atomic E-state index is 12.7. The highest BCUT2D eigenvalue weighted by molar-refractivity contribution is 7.12. The van der Waals surface area contributed by atoms with E-state index in [-0.39, 0.29) is 11.9 Å². The lowest BCUT2D eigenvalue weighted by Gasteiger charge is -2.23. The van der Waals surface area contributed by atoms with Gasteiger partial charge in [0.1, 0.15) is 0 Å². The Kier molecular flexibility index (Phi) is 6.66. The molecule has 0 radical (unpaired) electrons. The van der Waals surface area contributed by atoms with Crippen LogP contribution in [-0.2, 0) is 11.2 Å². The Balaban J connectivity index is 1.70. The Morgan fingerprint density at radius 3 is 2.67 bits per heavy atom. The number of carbonyl (C=O) groups is 1. The van der Waals surface area contributed by atoms with Crippen molar-refractivity contribution in [2.45, 2.75) is 59.4 Å². The van der Waals surface area contributed by atoms with E-state index in [0.717, 1.165) is 47.2 Å². The first-order valence-corrected chi connectivity index (χ1v) is 10.8. The van der Waals surface area contributed by atoms with Crippen molar-refractivity contribution in [1.82, 2.24) is 15.2 Å². The number of benzene rings is 1. The monoisotopic (exact) mass is 385 g/mol. The fourth-order valence-electron chi connectivity index (χ4n) is 3.86. The van der Waals surface area contributed by atoms with Crippen molar-refractivity contribution in [1.29, 1.82) is 0 Å². The number of hydrogen-bond acceptors (Lipinski definition) is 4. The van der Waals surface area contributed by atoms with Gasteiger partial charge in [0.05, 0.1) is 17.1 Å². The Bertz CT molecular complexity index is 793. The van der Waals surface area contributed by atoms with E-state index >= 15 is 0 Å². The van der Waals surface area contributed by atoms with Crippen LogP contribution in [0.4, 0.5) is 0 Å². The molecule has 5 heteroatoms. The van der Waals surface area contributed by atoms with Crippen molar-refractivity contribution in [3.63, 3.8) is 0 Å². The highest BCUT2D eigenvalue weighted by atomic mass is 32.1. The molecule has 2 aromatic rings. The molecule has 0 bridgehead atoms. The van der Waals surface area contributed by atoms with E-state index in [4.69, 9.17) is 4.98 Å². The lowest BCUT2D eigenvalue weighted by atomic mass is 10.0. The van der Waals surface area contributed by atoms with Crippen LogP contribution in [-0.4, -0.2) is 41.5 Å². The van der Waals surface area contributed by atoms with Crippen LogP contribution >= 0.6 is 11.3 Å². The molecule has 0 saturated carbocycles. The van der Waals surface area contributed by atoms with Crippen LogP contribution in [0, 0.1) is 20.8 Å². The summed E-state index contributed by atoms with van der Waals surface area (Å²) in [4.78, 5) is 21.0. The van der Waals surface area contributed by atoms with Crippen LogP contribution in [0.25, 0.3) is 11.3 Å². The minimum Gasteiger partial charge on any atom is -0.352 e. The lowest BCUT2D eigenvalue weighted by molar-refractivity contribution is -0.121. The van der Waals surface area contributed by atoms with Gasteiger partial charge in [0.2, 0.25) is 5.91 Å². The molecule has 146 valence electrons. The van der Waals surface area contributed by atoms with E-state index in [1.54, 1.807) is 11.3 Å². The van der Waals surface area contributed by atoms with Gasteiger partial charge in [-0.3, -0.25) is 4.79 Å². The Labute approximate surface area is 167 Å². The molecular weight excluding hydrogens is 354 g/mol. The second-order valence-electron chi connectivity index (χ2n) is 7.68.